The second kappa shape index (κ2) is 11.0. The first kappa shape index (κ1) is 26.1. The fourth-order valence-corrected chi connectivity index (χ4v) is 4.71. The lowest BCUT2D eigenvalue weighted by molar-refractivity contribution is -0.106. The number of halogens is 2. The number of hydrogen-bond acceptors (Lipinski definition) is 7. The van der Waals surface area contributed by atoms with Crippen LogP contribution in [0.4, 0.5) is 27.1 Å². The van der Waals surface area contributed by atoms with Crippen LogP contribution in [0.15, 0.2) is 54.9 Å². The SMILES string of the molecule is CN(C)/C=C\N(C=O)c1ccc(-c2cc(F)cc(-c3cc(NN)c(N)c(N4CCCC4)c3)c2O)cc1Cl. The van der Waals surface area contributed by atoms with Crippen molar-refractivity contribution in [1.82, 2.24) is 4.90 Å². The van der Waals surface area contributed by atoms with Crippen molar-refractivity contribution >= 4 is 40.8 Å². The van der Waals surface area contributed by atoms with Gasteiger partial charge in [0.15, 0.2) is 0 Å². The largest absolute Gasteiger partial charge is 0.507 e. The average Bonchev–Trinajstić information content (AvgIpc) is 3.41. The monoisotopic (exact) mass is 524 g/mol. The third-order valence-corrected chi connectivity index (χ3v) is 6.62. The number of carbonyl (C=O) groups excluding carboxylic acids is 1. The number of hydrazine groups is 1. The van der Waals surface area contributed by atoms with E-state index in [1.165, 1.54) is 17.0 Å². The number of phenolic OH excluding ortho intramolecular Hbond substituents is 1. The van der Waals surface area contributed by atoms with Crippen molar-refractivity contribution < 1.29 is 14.3 Å². The molecule has 1 saturated heterocycles. The minimum absolute atomic E-state index is 0.120. The van der Waals surface area contributed by atoms with Crippen molar-refractivity contribution in [1.29, 1.82) is 0 Å². The quantitative estimate of drug-likeness (QED) is 0.142. The van der Waals surface area contributed by atoms with Gasteiger partial charge >= 0.3 is 0 Å². The summed E-state index contributed by atoms with van der Waals surface area (Å²) in [6, 6.07) is 10.9. The molecule has 0 atom stereocenters. The highest BCUT2D eigenvalue weighted by Crippen LogP contribution is 2.44. The summed E-state index contributed by atoms with van der Waals surface area (Å²) in [6.07, 6.45) is 6.02. The van der Waals surface area contributed by atoms with Gasteiger partial charge in [0.2, 0.25) is 6.41 Å². The van der Waals surface area contributed by atoms with Crippen molar-refractivity contribution in [2.45, 2.75) is 12.8 Å². The number of aromatic hydroxyl groups is 1. The molecule has 37 heavy (non-hydrogen) atoms. The van der Waals surface area contributed by atoms with E-state index in [2.05, 4.69) is 10.3 Å². The Bertz CT molecular complexity index is 1340. The molecule has 3 aromatic carbocycles. The number of carbonyl (C=O) groups is 1. The molecule has 1 aliphatic rings. The summed E-state index contributed by atoms with van der Waals surface area (Å²) >= 11 is 6.50. The third-order valence-electron chi connectivity index (χ3n) is 6.32. The van der Waals surface area contributed by atoms with Gasteiger partial charge < -0.3 is 26.1 Å². The van der Waals surface area contributed by atoms with E-state index >= 15 is 0 Å². The molecule has 1 amide bonds. The molecule has 0 saturated carbocycles. The van der Waals surface area contributed by atoms with Crippen molar-refractivity contribution in [3.05, 3.63) is 65.7 Å². The molecule has 0 aliphatic carbocycles. The van der Waals surface area contributed by atoms with Gasteiger partial charge in [-0.25, -0.2) is 4.39 Å². The Labute approximate surface area is 220 Å². The number of nitrogen functional groups attached to an aromatic ring is 2. The van der Waals surface area contributed by atoms with Crippen LogP contribution in [0.5, 0.6) is 5.75 Å². The second-order valence-corrected chi connectivity index (χ2v) is 9.49. The van der Waals surface area contributed by atoms with Crippen molar-refractivity contribution in [3.8, 4) is 28.0 Å². The number of benzene rings is 3. The van der Waals surface area contributed by atoms with Gasteiger partial charge in [-0.3, -0.25) is 15.5 Å². The minimum Gasteiger partial charge on any atom is -0.507 e. The molecule has 0 spiro atoms. The number of hydrogen-bond donors (Lipinski definition) is 4. The highest BCUT2D eigenvalue weighted by Gasteiger charge is 2.21. The number of anilines is 4. The summed E-state index contributed by atoms with van der Waals surface area (Å²) < 4.78 is 14.9. The van der Waals surface area contributed by atoms with Crippen LogP contribution in [0.2, 0.25) is 5.02 Å². The van der Waals surface area contributed by atoms with Crippen LogP contribution in [0, 0.1) is 5.82 Å². The van der Waals surface area contributed by atoms with E-state index in [1.807, 2.05) is 20.2 Å². The Hall–Kier alpha value is -3.95. The van der Waals surface area contributed by atoms with E-state index in [4.69, 9.17) is 23.2 Å². The predicted octanol–water partition coefficient (Wildman–Crippen LogP) is 4.98. The summed E-state index contributed by atoms with van der Waals surface area (Å²) in [5, 5.41) is 11.5. The molecule has 6 N–H and O–H groups in total. The fraction of sp³-hybridized carbons (Fsp3) is 0.222. The molecule has 4 rings (SSSR count). The number of nitrogens with two attached hydrogens (primary N) is 2. The Balaban J connectivity index is 1.79. The Kier molecular flexibility index (Phi) is 7.75. The Morgan fingerprint density at radius 2 is 1.73 bits per heavy atom. The molecular weight excluding hydrogens is 495 g/mol. The summed E-state index contributed by atoms with van der Waals surface area (Å²) in [6.45, 7) is 1.70. The van der Waals surface area contributed by atoms with Gasteiger partial charge in [-0.15, -0.1) is 0 Å². The lowest BCUT2D eigenvalue weighted by atomic mass is 9.95. The smallest absolute Gasteiger partial charge is 0.218 e. The summed E-state index contributed by atoms with van der Waals surface area (Å²) in [5.41, 5.74) is 12.7. The van der Waals surface area contributed by atoms with E-state index < -0.39 is 5.82 Å². The van der Waals surface area contributed by atoms with Crippen LogP contribution in [0.3, 0.4) is 0 Å². The zero-order valence-electron chi connectivity index (χ0n) is 20.7. The van der Waals surface area contributed by atoms with Gasteiger partial charge in [0.25, 0.3) is 0 Å². The van der Waals surface area contributed by atoms with Crippen LogP contribution in [-0.2, 0) is 4.79 Å². The number of rotatable bonds is 8. The van der Waals surface area contributed by atoms with Gasteiger partial charge in [-0.05, 0) is 60.4 Å². The van der Waals surface area contributed by atoms with Crippen LogP contribution in [0.1, 0.15) is 12.8 Å². The van der Waals surface area contributed by atoms with Crippen LogP contribution in [0.25, 0.3) is 22.3 Å². The van der Waals surface area contributed by atoms with Crippen molar-refractivity contribution in [2.24, 2.45) is 5.84 Å². The molecule has 1 heterocycles. The normalized spacial score (nSPS) is 13.3. The maximum Gasteiger partial charge on any atom is 0.218 e. The van der Waals surface area contributed by atoms with E-state index in [0.29, 0.717) is 34.6 Å². The van der Waals surface area contributed by atoms with E-state index in [1.54, 1.807) is 41.6 Å². The molecule has 1 fully saturated rings. The molecular formula is C27H30ClFN6O2. The molecule has 0 aromatic heterocycles. The predicted molar refractivity (Wildman–Crippen MR) is 149 cm³/mol. The van der Waals surface area contributed by atoms with E-state index in [-0.39, 0.29) is 21.9 Å². The Morgan fingerprint density at radius 1 is 1.05 bits per heavy atom. The standard InChI is InChI=1S/C27H30ClFN6O2/c1-33(2)9-10-35(16-36)24-6-5-17(11-22(24)28)20-14-19(29)15-21(27(20)37)18-12-23(32-31)26(30)25(13-18)34-7-3-4-8-34/h5-6,9-16,32,37H,3-4,7-8,30-31H2,1-2H3/b10-9-. The zero-order chi connectivity index (χ0) is 26.7. The highest BCUT2D eigenvalue weighted by molar-refractivity contribution is 6.34. The van der Waals surface area contributed by atoms with Crippen molar-refractivity contribution in [2.75, 3.05) is 48.1 Å². The van der Waals surface area contributed by atoms with E-state index in [9.17, 15) is 14.3 Å². The topological polar surface area (TPSA) is 111 Å². The second-order valence-electron chi connectivity index (χ2n) is 9.09. The first-order valence-electron chi connectivity index (χ1n) is 11.8. The maximum atomic E-state index is 14.9. The molecule has 194 valence electrons. The summed E-state index contributed by atoms with van der Waals surface area (Å²) in [7, 11) is 3.66. The number of nitrogens with zero attached hydrogens (tertiary/aromatic N) is 3. The van der Waals surface area contributed by atoms with Crippen LogP contribution >= 0.6 is 11.6 Å². The average molecular weight is 525 g/mol. The maximum absolute atomic E-state index is 14.9. The summed E-state index contributed by atoms with van der Waals surface area (Å²) in [4.78, 5) is 16.9. The number of nitrogens with one attached hydrogen (secondary N) is 1. The highest BCUT2D eigenvalue weighted by atomic mass is 35.5. The first-order chi connectivity index (χ1) is 17.7. The minimum atomic E-state index is -0.534. The molecule has 0 radical (unpaired) electrons. The molecule has 8 nitrogen and oxygen atoms in total. The first-order valence-corrected chi connectivity index (χ1v) is 12.2. The molecule has 10 heteroatoms. The number of amides is 1. The van der Waals surface area contributed by atoms with Crippen LogP contribution in [-0.4, -0.2) is 43.6 Å². The Morgan fingerprint density at radius 3 is 2.32 bits per heavy atom. The van der Waals surface area contributed by atoms with Gasteiger partial charge in [0, 0.05) is 50.7 Å². The van der Waals surface area contributed by atoms with E-state index in [0.717, 1.165) is 31.6 Å². The van der Waals surface area contributed by atoms with Crippen LogP contribution < -0.4 is 26.8 Å². The lowest BCUT2D eigenvalue weighted by Gasteiger charge is -2.23. The summed E-state index contributed by atoms with van der Waals surface area (Å²) in [5.74, 6) is 5.07. The molecule has 0 bridgehead atoms. The fourth-order valence-electron chi connectivity index (χ4n) is 4.43. The molecule has 3 aromatic rings. The molecule has 0 unspecified atom stereocenters. The zero-order valence-corrected chi connectivity index (χ0v) is 21.5. The van der Waals surface area contributed by atoms with Gasteiger partial charge in [-0.1, -0.05) is 17.7 Å². The lowest BCUT2D eigenvalue weighted by Crippen LogP contribution is -2.20. The van der Waals surface area contributed by atoms with Gasteiger partial charge in [0.05, 0.1) is 27.8 Å². The van der Waals surface area contributed by atoms with Gasteiger partial charge in [-0.2, -0.15) is 0 Å². The van der Waals surface area contributed by atoms with Crippen molar-refractivity contribution in [3.63, 3.8) is 0 Å². The third kappa shape index (κ3) is 5.42. The number of phenols is 1. The molecule has 1 aliphatic heterocycles. The van der Waals surface area contributed by atoms with Gasteiger partial charge in [0.1, 0.15) is 11.6 Å².